The van der Waals surface area contributed by atoms with Crippen molar-refractivity contribution in [3.05, 3.63) is 51.8 Å². The number of hydrogen-bond donors (Lipinski definition) is 0. The third-order valence-electron chi connectivity index (χ3n) is 5.00. The van der Waals surface area contributed by atoms with Crippen LogP contribution in [0.25, 0.3) is 11.3 Å². The van der Waals surface area contributed by atoms with E-state index < -0.39 is 6.29 Å². The van der Waals surface area contributed by atoms with Crippen LogP contribution in [0.2, 0.25) is 5.02 Å². The van der Waals surface area contributed by atoms with Crippen molar-refractivity contribution < 1.29 is 14.3 Å². The smallest absolute Gasteiger partial charge is 0.308 e. The fourth-order valence-corrected chi connectivity index (χ4v) is 3.47. The lowest BCUT2D eigenvalue weighted by Gasteiger charge is -2.22. The lowest BCUT2D eigenvalue weighted by Crippen LogP contribution is -2.19. The van der Waals surface area contributed by atoms with Gasteiger partial charge in [-0.25, -0.2) is 0 Å². The molecule has 1 atom stereocenters. The summed E-state index contributed by atoms with van der Waals surface area (Å²) in [6.07, 6.45) is 1.18. The van der Waals surface area contributed by atoms with Crippen molar-refractivity contribution in [2.45, 2.75) is 73.1 Å². The number of carbonyl (C=O) groups is 1. The summed E-state index contributed by atoms with van der Waals surface area (Å²) in [4.78, 5) is 16.1. The van der Waals surface area contributed by atoms with Gasteiger partial charge in [-0.1, -0.05) is 63.6 Å². The zero-order valence-electron chi connectivity index (χ0n) is 20.3. The van der Waals surface area contributed by atoms with Gasteiger partial charge in [-0.15, -0.1) is 0 Å². The second-order valence-electron chi connectivity index (χ2n) is 8.55. The molecule has 7 heteroatoms. The minimum Gasteiger partial charge on any atom is -0.452 e. The van der Waals surface area contributed by atoms with Gasteiger partial charge in [0.2, 0.25) is 6.29 Å². The summed E-state index contributed by atoms with van der Waals surface area (Å²) in [5.41, 5.74) is 4.20. The summed E-state index contributed by atoms with van der Waals surface area (Å²) in [6.45, 7) is 14.4. The maximum atomic E-state index is 11.8. The zero-order chi connectivity index (χ0) is 24.1. The number of nitrogens with zero attached hydrogens (tertiary/aromatic N) is 3. The number of halogens is 1. The van der Waals surface area contributed by atoms with Gasteiger partial charge in [-0.3, -0.25) is 14.5 Å². The third-order valence-corrected chi connectivity index (χ3v) is 5.46. The molecule has 0 radical (unpaired) electrons. The van der Waals surface area contributed by atoms with Gasteiger partial charge in [0.1, 0.15) is 5.69 Å². The van der Waals surface area contributed by atoms with E-state index >= 15 is 0 Å². The van der Waals surface area contributed by atoms with Crippen LogP contribution in [-0.4, -0.2) is 35.3 Å². The number of hydrogen-bond acceptors (Lipinski definition) is 5. The van der Waals surface area contributed by atoms with Crippen LogP contribution in [0.4, 0.5) is 0 Å². The predicted molar refractivity (Wildman–Crippen MR) is 131 cm³/mol. The maximum absolute atomic E-state index is 11.8. The van der Waals surface area contributed by atoms with E-state index in [1.165, 1.54) is 5.56 Å². The summed E-state index contributed by atoms with van der Waals surface area (Å²) < 4.78 is 13.4. The first-order chi connectivity index (χ1) is 15.0. The van der Waals surface area contributed by atoms with Crippen LogP contribution in [-0.2, 0) is 26.2 Å². The molecular weight excluding hydrogens is 426 g/mol. The van der Waals surface area contributed by atoms with Crippen molar-refractivity contribution in [3.63, 3.8) is 0 Å². The van der Waals surface area contributed by atoms with E-state index in [2.05, 4.69) is 43.0 Å². The molecule has 2 aromatic rings. The summed E-state index contributed by atoms with van der Waals surface area (Å²) in [6, 6.07) is 8.27. The van der Waals surface area contributed by atoms with Crippen LogP contribution in [0.1, 0.15) is 70.5 Å². The van der Waals surface area contributed by atoms with E-state index in [1.807, 2.05) is 26.0 Å². The molecule has 0 spiro atoms. The number of carbonyl (C=O) groups excluding carboxylic acids is 1. The van der Waals surface area contributed by atoms with Crippen molar-refractivity contribution in [2.75, 3.05) is 7.05 Å². The molecule has 0 aliphatic heterocycles. The monoisotopic (exact) mass is 459 g/mol. The molecule has 1 heterocycles. The lowest BCUT2D eigenvalue weighted by molar-refractivity contribution is -0.163. The molecule has 0 aliphatic carbocycles. The van der Waals surface area contributed by atoms with Crippen LogP contribution in [0.5, 0.6) is 0 Å². The summed E-state index contributed by atoms with van der Waals surface area (Å²) in [5.74, 6) is 0.117. The number of aryl methyl sites for hydroxylation is 2. The average molecular weight is 460 g/mol. The van der Waals surface area contributed by atoms with Crippen LogP contribution >= 0.6 is 11.6 Å². The van der Waals surface area contributed by atoms with Gasteiger partial charge in [-0.2, -0.15) is 5.10 Å². The van der Waals surface area contributed by atoms with Crippen LogP contribution in [0.3, 0.4) is 0 Å². The first-order valence-electron chi connectivity index (χ1n) is 10.9. The average Bonchev–Trinajstić information content (AvgIpc) is 3.03. The minimum atomic E-state index is -0.817. The van der Waals surface area contributed by atoms with Crippen LogP contribution < -0.4 is 0 Å². The Morgan fingerprint density at radius 3 is 2.34 bits per heavy atom. The number of aliphatic imine (C=N–C) groups is 1. The van der Waals surface area contributed by atoms with Gasteiger partial charge in [0.05, 0.1) is 10.7 Å². The Kier molecular flexibility index (Phi) is 8.67. The largest absolute Gasteiger partial charge is 0.452 e. The highest BCUT2D eigenvalue weighted by molar-refractivity contribution is 6.33. The summed E-state index contributed by atoms with van der Waals surface area (Å²) in [5, 5.41) is 5.02. The molecule has 1 aromatic heterocycles. The normalized spacial score (nSPS) is 13.8. The van der Waals surface area contributed by atoms with E-state index in [4.69, 9.17) is 21.1 Å². The first kappa shape index (κ1) is 25.7. The molecule has 0 fully saturated rings. The van der Waals surface area contributed by atoms with Crippen molar-refractivity contribution >= 4 is 35.1 Å². The number of rotatable bonds is 8. The summed E-state index contributed by atoms with van der Waals surface area (Å²) >= 11 is 6.67. The van der Waals surface area contributed by atoms with Crippen molar-refractivity contribution in [1.82, 2.24) is 9.78 Å². The predicted octanol–water partition coefficient (Wildman–Crippen LogP) is 6.05. The second-order valence-corrected chi connectivity index (χ2v) is 8.93. The molecule has 0 amide bonds. The molecule has 6 nitrogen and oxygen atoms in total. The molecule has 32 heavy (non-hydrogen) atoms. The Bertz CT molecular complexity index is 999. The van der Waals surface area contributed by atoms with Crippen LogP contribution in [0, 0.1) is 6.92 Å². The van der Waals surface area contributed by atoms with Crippen molar-refractivity contribution in [1.29, 1.82) is 0 Å². The molecule has 0 N–H and O–H groups in total. The van der Waals surface area contributed by atoms with E-state index in [-0.39, 0.29) is 17.8 Å². The SMILES string of the molecule is CCC(=O)OC(C)O/C(=C(/C=N\C)c1ccc(C(C)(C)C)cc1)c1c(Cl)c(C)nn1CC. The van der Waals surface area contributed by atoms with E-state index in [1.54, 1.807) is 31.8 Å². The molecule has 0 aliphatic rings. The number of allylic oxidation sites excluding steroid dienone is 1. The molecule has 0 saturated carbocycles. The van der Waals surface area contributed by atoms with Gasteiger partial charge >= 0.3 is 5.97 Å². The van der Waals surface area contributed by atoms with Crippen molar-refractivity contribution in [3.8, 4) is 0 Å². The molecule has 2 rings (SSSR count). The second kappa shape index (κ2) is 10.8. The van der Waals surface area contributed by atoms with Gasteiger partial charge < -0.3 is 9.47 Å². The van der Waals surface area contributed by atoms with E-state index in [0.29, 0.717) is 28.7 Å². The zero-order valence-corrected chi connectivity index (χ0v) is 21.1. The Balaban J connectivity index is 2.73. The quantitative estimate of drug-likeness (QED) is 0.208. The molecule has 0 saturated heterocycles. The van der Waals surface area contributed by atoms with E-state index in [0.717, 1.165) is 11.1 Å². The highest BCUT2D eigenvalue weighted by Gasteiger charge is 2.25. The number of benzene rings is 1. The Labute approximate surface area is 196 Å². The van der Waals surface area contributed by atoms with Crippen molar-refractivity contribution in [2.24, 2.45) is 4.99 Å². The highest BCUT2D eigenvalue weighted by atomic mass is 35.5. The Morgan fingerprint density at radius 2 is 1.84 bits per heavy atom. The first-order valence-corrected chi connectivity index (χ1v) is 11.3. The third kappa shape index (κ3) is 6.00. The molecule has 0 bridgehead atoms. The van der Waals surface area contributed by atoms with Gasteiger partial charge in [0, 0.05) is 38.7 Å². The van der Waals surface area contributed by atoms with Gasteiger partial charge in [-0.05, 0) is 30.4 Å². The maximum Gasteiger partial charge on any atom is 0.308 e. The molecular formula is C25H34ClN3O3. The number of ether oxygens (including phenoxy) is 2. The molecule has 1 aromatic carbocycles. The molecule has 174 valence electrons. The van der Waals surface area contributed by atoms with Crippen LogP contribution in [0.15, 0.2) is 29.3 Å². The number of aromatic nitrogens is 2. The van der Waals surface area contributed by atoms with Gasteiger partial charge in [0.25, 0.3) is 0 Å². The minimum absolute atomic E-state index is 0.0324. The standard InChI is InChI=1S/C25H34ClN3O3/c1-9-21(30)31-17(4)32-24(23-22(26)16(3)28-29(23)10-2)20(15-27-8)18-11-13-19(14-12-18)25(5,6)7/h11-15,17H,9-10H2,1-8H3/b24-20-,27-15-. The highest BCUT2D eigenvalue weighted by Crippen LogP contribution is 2.35. The fraction of sp³-hybridized carbons (Fsp3) is 0.480. The Morgan fingerprint density at radius 1 is 1.22 bits per heavy atom. The summed E-state index contributed by atoms with van der Waals surface area (Å²) in [7, 11) is 1.70. The van der Waals surface area contributed by atoms with Gasteiger partial charge in [0.15, 0.2) is 5.76 Å². The topological polar surface area (TPSA) is 65.7 Å². The fourth-order valence-electron chi connectivity index (χ4n) is 3.25. The van der Waals surface area contributed by atoms with E-state index in [9.17, 15) is 4.79 Å². The lowest BCUT2D eigenvalue weighted by atomic mass is 9.86. The Hall–Kier alpha value is -2.60. The number of esters is 1. The molecule has 1 unspecified atom stereocenters.